The van der Waals surface area contributed by atoms with Crippen LogP contribution in [0.5, 0.6) is 0 Å². The second-order valence-electron chi connectivity index (χ2n) is 5.19. The molecular weight excluding hydrogens is 341 g/mol. The van der Waals surface area contributed by atoms with Crippen LogP contribution >= 0.6 is 11.3 Å². The van der Waals surface area contributed by atoms with Gasteiger partial charge in [0.25, 0.3) is 5.91 Å². The number of carbonyl (C=O) groups is 1. The third-order valence-corrected chi connectivity index (χ3v) is 4.48. The molecule has 0 bridgehead atoms. The van der Waals surface area contributed by atoms with Crippen molar-refractivity contribution < 1.29 is 18.0 Å². The number of nitrogens with one attached hydrogen (secondary N) is 1. The molecule has 0 saturated heterocycles. The van der Waals surface area contributed by atoms with E-state index in [1.54, 1.807) is 6.92 Å². The molecule has 0 aliphatic rings. The minimum Gasteiger partial charge on any atom is -0.351 e. The molecule has 0 radical (unpaired) electrons. The normalized spacial score (nSPS) is 11.6. The first-order valence-electron chi connectivity index (χ1n) is 7.37. The molecule has 0 aliphatic heterocycles. The Morgan fingerprint density at radius 3 is 2.54 bits per heavy atom. The third-order valence-electron chi connectivity index (χ3n) is 3.17. The number of carbonyl (C=O) groups excluding carboxylic acids is 1. The average Bonchev–Trinajstić information content (AvgIpc) is 2.87. The van der Waals surface area contributed by atoms with Crippen molar-refractivity contribution in [1.82, 2.24) is 20.3 Å². The Morgan fingerprint density at radius 2 is 1.96 bits per heavy atom. The van der Waals surface area contributed by atoms with Crippen molar-refractivity contribution in [3.05, 3.63) is 38.9 Å². The summed E-state index contributed by atoms with van der Waals surface area (Å²) in [5.74, 6) is -0.230. The monoisotopic (exact) mass is 358 g/mol. The van der Waals surface area contributed by atoms with Gasteiger partial charge in [0.2, 0.25) is 0 Å². The number of amides is 1. The van der Waals surface area contributed by atoms with Gasteiger partial charge in [-0.1, -0.05) is 6.92 Å². The maximum atomic E-state index is 12.7. The maximum Gasteiger partial charge on any atom is 0.433 e. The quantitative estimate of drug-likeness (QED) is 0.892. The molecule has 0 spiro atoms. The van der Waals surface area contributed by atoms with Crippen molar-refractivity contribution in [3.8, 4) is 0 Å². The van der Waals surface area contributed by atoms with Gasteiger partial charge in [0.05, 0.1) is 10.7 Å². The number of aryl methyl sites for hydroxylation is 3. The van der Waals surface area contributed by atoms with Gasteiger partial charge in [-0.05, 0) is 26.3 Å². The van der Waals surface area contributed by atoms with E-state index in [2.05, 4.69) is 20.3 Å². The number of aromatic nitrogens is 3. The first kappa shape index (κ1) is 18.3. The third kappa shape index (κ3) is 4.50. The molecule has 2 rings (SSSR count). The van der Waals surface area contributed by atoms with Crippen LogP contribution in [0.2, 0.25) is 0 Å². The topological polar surface area (TPSA) is 67.8 Å². The molecule has 0 atom stereocenters. The Kier molecular flexibility index (Phi) is 5.53. The van der Waals surface area contributed by atoms with Crippen molar-refractivity contribution in [2.45, 2.75) is 39.8 Å². The summed E-state index contributed by atoms with van der Waals surface area (Å²) in [6.45, 7) is 5.33. The van der Waals surface area contributed by atoms with Crippen LogP contribution in [0.25, 0.3) is 0 Å². The smallest absolute Gasteiger partial charge is 0.351 e. The van der Waals surface area contributed by atoms with Crippen molar-refractivity contribution in [2.75, 3.05) is 6.54 Å². The number of hydrogen-bond donors (Lipinski definition) is 1. The van der Waals surface area contributed by atoms with E-state index in [4.69, 9.17) is 0 Å². The average molecular weight is 358 g/mol. The molecule has 0 aromatic carbocycles. The molecule has 2 aromatic rings. The minimum absolute atomic E-state index is 0.0536. The summed E-state index contributed by atoms with van der Waals surface area (Å²) in [5, 5.41) is 3.54. The summed E-state index contributed by atoms with van der Waals surface area (Å²) in [5.41, 5.74) is -0.0766. The minimum atomic E-state index is -4.51. The highest BCUT2D eigenvalue weighted by Gasteiger charge is 2.33. The Labute approximate surface area is 141 Å². The molecule has 9 heteroatoms. The van der Waals surface area contributed by atoms with Gasteiger partial charge in [-0.3, -0.25) is 4.79 Å². The summed E-state index contributed by atoms with van der Waals surface area (Å²) < 4.78 is 38.2. The highest BCUT2D eigenvalue weighted by Crippen LogP contribution is 2.27. The fourth-order valence-corrected chi connectivity index (χ4v) is 2.99. The summed E-state index contributed by atoms with van der Waals surface area (Å²) in [4.78, 5) is 24.4. The number of nitrogens with zero attached hydrogens (tertiary/aromatic N) is 3. The van der Waals surface area contributed by atoms with Crippen LogP contribution in [0.15, 0.2) is 6.07 Å². The fourth-order valence-electron chi connectivity index (χ4n) is 2.07. The molecule has 1 amide bonds. The lowest BCUT2D eigenvalue weighted by Gasteiger charge is -2.09. The van der Waals surface area contributed by atoms with E-state index < -0.39 is 11.9 Å². The van der Waals surface area contributed by atoms with Crippen LogP contribution in [0.3, 0.4) is 0 Å². The zero-order chi connectivity index (χ0) is 17.9. The van der Waals surface area contributed by atoms with E-state index in [9.17, 15) is 18.0 Å². The van der Waals surface area contributed by atoms with E-state index in [-0.39, 0.29) is 30.4 Å². The number of rotatable bonds is 5. The molecule has 5 nitrogen and oxygen atoms in total. The van der Waals surface area contributed by atoms with Gasteiger partial charge in [0, 0.05) is 18.7 Å². The summed E-state index contributed by atoms with van der Waals surface area (Å²) in [6, 6.07) is 0.898. The summed E-state index contributed by atoms with van der Waals surface area (Å²) in [7, 11) is 0. The standard InChI is InChI=1S/C15H17F3N4OS/c1-4-12-21-9(3)13(24-12)14(23)19-6-5-11-20-8(2)7-10(22-11)15(16,17)18/h7H,4-6H2,1-3H3,(H,19,23). The lowest BCUT2D eigenvalue weighted by atomic mass is 10.3. The molecule has 0 unspecified atom stereocenters. The highest BCUT2D eigenvalue weighted by atomic mass is 32.1. The Balaban J connectivity index is 2.00. The predicted octanol–water partition coefficient (Wildman–Crippen LogP) is 3.10. The second kappa shape index (κ2) is 7.25. The zero-order valence-corrected chi connectivity index (χ0v) is 14.3. The number of thiazole rings is 1. The second-order valence-corrected chi connectivity index (χ2v) is 6.27. The molecule has 0 saturated carbocycles. The van der Waals surface area contributed by atoms with Crippen molar-refractivity contribution in [2.24, 2.45) is 0 Å². The van der Waals surface area contributed by atoms with Crippen LogP contribution in [0.1, 0.15) is 44.5 Å². The molecule has 1 N–H and O–H groups in total. The van der Waals surface area contributed by atoms with Crippen LogP contribution < -0.4 is 5.32 Å². The first-order valence-corrected chi connectivity index (χ1v) is 8.18. The molecule has 2 heterocycles. The number of alkyl halides is 3. The molecule has 24 heavy (non-hydrogen) atoms. The van der Waals surface area contributed by atoms with E-state index in [1.165, 1.54) is 18.3 Å². The summed E-state index contributed by atoms with van der Waals surface area (Å²) >= 11 is 1.32. The van der Waals surface area contributed by atoms with Crippen molar-refractivity contribution >= 4 is 17.2 Å². The first-order chi connectivity index (χ1) is 11.2. The van der Waals surface area contributed by atoms with E-state index >= 15 is 0 Å². The summed E-state index contributed by atoms with van der Waals surface area (Å²) in [6.07, 6.45) is -3.65. The molecule has 130 valence electrons. The van der Waals surface area contributed by atoms with Crippen LogP contribution in [0, 0.1) is 13.8 Å². The van der Waals surface area contributed by atoms with Gasteiger partial charge in [0.1, 0.15) is 16.4 Å². The van der Waals surface area contributed by atoms with Gasteiger partial charge in [-0.2, -0.15) is 13.2 Å². The van der Waals surface area contributed by atoms with Crippen molar-refractivity contribution in [3.63, 3.8) is 0 Å². The van der Waals surface area contributed by atoms with Gasteiger partial charge in [0.15, 0.2) is 0 Å². The predicted molar refractivity (Wildman–Crippen MR) is 84.0 cm³/mol. The van der Waals surface area contributed by atoms with Crippen LogP contribution in [0.4, 0.5) is 13.2 Å². The SMILES string of the molecule is CCc1nc(C)c(C(=O)NCCc2nc(C)cc(C(F)(F)F)n2)s1. The van der Waals surface area contributed by atoms with Crippen LogP contribution in [-0.2, 0) is 19.0 Å². The van der Waals surface area contributed by atoms with E-state index in [0.29, 0.717) is 10.6 Å². The fraction of sp³-hybridized carbons (Fsp3) is 0.467. The lowest BCUT2D eigenvalue weighted by Crippen LogP contribution is -2.26. The van der Waals surface area contributed by atoms with Crippen LogP contribution in [-0.4, -0.2) is 27.4 Å². The maximum absolute atomic E-state index is 12.7. The van der Waals surface area contributed by atoms with Gasteiger partial charge < -0.3 is 5.32 Å². The molecule has 0 aliphatic carbocycles. The van der Waals surface area contributed by atoms with Gasteiger partial charge >= 0.3 is 6.18 Å². The molecular formula is C15H17F3N4OS. The van der Waals surface area contributed by atoms with Gasteiger partial charge in [-0.25, -0.2) is 15.0 Å². The molecule has 2 aromatic heterocycles. The zero-order valence-electron chi connectivity index (χ0n) is 13.5. The lowest BCUT2D eigenvalue weighted by molar-refractivity contribution is -0.141. The Bertz CT molecular complexity index is 743. The number of halogens is 3. The van der Waals surface area contributed by atoms with Crippen molar-refractivity contribution in [1.29, 1.82) is 0 Å². The number of hydrogen-bond acceptors (Lipinski definition) is 5. The molecule has 0 fully saturated rings. The van der Waals surface area contributed by atoms with E-state index in [0.717, 1.165) is 17.5 Å². The largest absolute Gasteiger partial charge is 0.433 e. The Hall–Kier alpha value is -2.03. The highest BCUT2D eigenvalue weighted by molar-refractivity contribution is 7.13. The van der Waals surface area contributed by atoms with Gasteiger partial charge in [-0.15, -0.1) is 11.3 Å². The van der Waals surface area contributed by atoms with E-state index in [1.807, 2.05) is 6.92 Å². The Morgan fingerprint density at radius 1 is 1.25 bits per heavy atom.